The van der Waals surface area contributed by atoms with Crippen molar-refractivity contribution in [3.63, 3.8) is 0 Å². The van der Waals surface area contributed by atoms with E-state index in [0.717, 1.165) is 35.3 Å². The van der Waals surface area contributed by atoms with Crippen LogP contribution in [-0.4, -0.2) is 10.2 Å². The Balaban J connectivity index is 2.27. The highest BCUT2D eigenvalue weighted by Gasteiger charge is 2.17. The summed E-state index contributed by atoms with van der Waals surface area (Å²) < 4.78 is 0. The summed E-state index contributed by atoms with van der Waals surface area (Å²) in [5, 5.41) is 6.59. The van der Waals surface area contributed by atoms with E-state index in [9.17, 15) is 4.79 Å². The molecule has 0 amide bonds. The van der Waals surface area contributed by atoms with Crippen molar-refractivity contribution < 1.29 is 0 Å². The number of anilines is 1. The van der Waals surface area contributed by atoms with E-state index in [4.69, 9.17) is 5.73 Å². The highest BCUT2D eigenvalue weighted by molar-refractivity contribution is 5.71. The zero-order valence-corrected chi connectivity index (χ0v) is 8.66. The van der Waals surface area contributed by atoms with Gasteiger partial charge in [-0.25, -0.2) is 5.10 Å². The van der Waals surface area contributed by atoms with E-state index >= 15 is 0 Å². The Morgan fingerprint density at radius 3 is 2.88 bits per heavy atom. The summed E-state index contributed by atoms with van der Waals surface area (Å²) in [4.78, 5) is 11.2. The number of aryl methyl sites for hydroxylation is 2. The average molecular weight is 213 g/mol. The van der Waals surface area contributed by atoms with Crippen molar-refractivity contribution >= 4 is 5.69 Å². The fourth-order valence-corrected chi connectivity index (χ4v) is 2.19. The van der Waals surface area contributed by atoms with E-state index in [2.05, 4.69) is 10.2 Å². The minimum atomic E-state index is -0.141. The number of nitrogens with two attached hydrogens (primary N) is 1. The number of hydrogen-bond donors (Lipinski definition) is 2. The van der Waals surface area contributed by atoms with Gasteiger partial charge < -0.3 is 5.73 Å². The number of fused-ring (bicyclic) bond motifs is 3. The summed E-state index contributed by atoms with van der Waals surface area (Å²) in [5.41, 5.74) is 10.5. The molecule has 1 aliphatic carbocycles. The molecular weight excluding hydrogens is 202 g/mol. The fourth-order valence-electron chi connectivity index (χ4n) is 2.19. The molecule has 0 radical (unpaired) electrons. The highest BCUT2D eigenvalue weighted by Crippen LogP contribution is 2.31. The molecule has 1 aromatic carbocycles. The van der Waals surface area contributed by atoms with E-state index in [-0.39, 0.29) is 5.56 Å². The van der Waals surface area contributed by atoms with Crippen molar-refractivity contribution in [3.05, 3.63) is 45.7 Å². The van der Waals surface area contributed by atoms with E-state index in [1.54, 1.807) is 6.07 Å². The molecule has 0 fully saturated rings. The van der Waals surface area contributed by atoms with Crippen LogP contribution in [0.5, 0.6) is 0 Å². The van der Waals surface area contributed by atoms with Gasteiger partial charge in [-0.15, -0.1) is 0 Å². The predicted octanol–water partition coefficient (Wildman–Crippen LogP) is 1.12. The second-order valence-corrected chi connectivity index (χ2v) is 4.02. The standard InChI is InChI=1S/C12H11N3O/c13-9-3-4-10-7(5-9)1-2-8-6-11(16)14-15-12(8)10/h3-6H,1-2,13H2,(H,14,16). The number of benzene rings is 1. The molecule has 1 aliphatic rings. The Morgan fingerprint density at radius 1 is 1.19 bits per heavy atom. The highest BCUT2D eigenvalue weighted by atomic mass is 16.1. The first-order valence-electron chi connectivity index (χ1n) is 5.21. The van der Waals surface area contributed by atoms with Gasteiger partial charge in [-0.3, -0.25) is 4.79 Å². The Hall–Kier alpha value is -2.10. The lowest BCUT2D eigenvalue weighted by Crippen LogP contribution is -2.14. The van der Waals surface area contributed by atoms with Gasteiger partial charge in [0.25, 0.3) is 5.56 Å². The third-order valence-electron chi connectivity index (χ3n) is 2.94. The number of nitrogens with zero attached hydrogens (tertiary/aromatic N) is 1. The SMILES string of the molecule is Nc1ccc2c(c1)CCc1cc(=O)[nH]nc1-2. The molecule has 16 heavy (non-hydrogen) atoms. The Morgan fingerprint density at radius 2 is 2.00 bits per heavy atom. The summed E-state index contributed by atoms with van der Waals surface area (Å²) in [5.74, 6) is 0. The Labute approximate surface area is 92.1 Å². The molecule has 2 aromatic rings. The molecule has 0 atom stereocenters. The normalized spacial score (nSPS) is 13.0. The van der Waals surface area contributed by atoms with Gasteiger partial charge in [-0.1, -0.05) is 6.07 Å². The van der Waals surface area contributed by atoms with Gasteiger partial charge in [-0.2, -0.15) is 5.10 Å². The number of nitrogen functional groups attached to an aromatic ring is 1. The van der Waals surface area contributed by atoms with Crippen LogP contribution < -0.4 is 11.3 Å². The molecular formula is C12H11N3O. The van der Waals surface area contributed by atoms with Crippen molar-refractivity contribution in [2.75, 3.05) is 5.73 Å². The molecule has 0 saturated carbocycles. The van der Waals surface area contributed by atoms with Gasteiger partial charge in [0.05, 0.1) is 5.69 Å². The lowest BCUT2D eigenvalue weighted by Gasteiger charge is -2.18. The average Bonchev–Trinajstić information content (AvgIpc) is 2.28. The van der Waals surface area contributed by atoms with Gasteiger partial charge >= 0.3 is 0 Å². The zero-order chi connectivity index (χ0) is 11.1. The second kappa shape index (κ2) is 3.20. The monoisotopic (exact) mass is 213 g/mol. The number of aromatic amines is 1. The van der Waals surface area contributed by atoms with E-state index in [0.29, 0.717) is 0 Å². The van der Waals surface area contributed by atoms with Crippen molar-refractivity contribution in [1.29, 1.82) is 0 Å². The van der Waals surface area contributed by atoms with Gasteiger partial charge in [0.15, 0.2) is 0 Å². The predicted molar refractivity (Wildman–Crippen MR) is 62.1 cm³/mol. The molecule has 80 valence electrons. The number of aromatic nitrogens is 2. The number of rotatable bonds is 0. The van der Waals surface area contributed by atoms with Gasteiger partial charge in [0.2, 0.25) is 0 Å². The molecule has 0 bridgehead atoms. The lowest BCUT2D eigenvalue weighted by molar-refractivity contribution is 0.882. The van der Waals surface area contributed by atoms with Crippen molar-refractivity contribution in [2.45, 2.75) is 12.8 Å². The van der Waals surface area contributed by atoms with E-state index < -0.39 is 0 Å². The first kappa shape index (κ1) is 9.15. The maximum atomic E-state index is 11.2. The molecule has 1 aromatic heterocycles. The van der Waals surface area contributed by atoms with Crippen molar-refractivity contribution in [1.82, 2.24) is 10.2 Å². The fraction of sp³-hybridized carbons (Fsp3) is 0.167. The largest absolute Gasteiger partial charge is 0.399 e. The van der Waals surface area contributed by atoms with E-state index in [1.165, 1.54) is 5.56 Å². The van der Waals surface area contributed by atoms with Gasteiger partial charge in [0.1, 0.15) is 0 Å². The van der Waals surface area contributed by atoms with Crippen molar-refractivity contribution in [2.24, 2.45) is 0 Å². The summed E-state index contributed by atoms with van der Waals surface area (Å²) in [6.45, 7) is 0. The molecule has 0 spiro atoms. The minimum absolute atomic E-state index is 0.141. The van der Waals surface area contributed by atoms with Crippen LogP contribution in [0.2, 0.25) is 0 Å². The van der Waals surface area contributed by atoms with Crippen LogP contribution in [0.4, 0.5) is 5.69 Å². The summed E-state index contributed by atoms with van der Waals surface area (Å²) in [6, 6.07) is 7.43. The van der Waals surface area contributed by atoms with Crippen LogP contribution >= 0.6 is 0 Å². The molecule has 3 N–H and O–H groups in total. The molecule has 3 rings (SSSR count). The lowest BCUT2D eigenvalue weighted by atomic mass is 9.89. The quantitative estimate of drug-likeness (QED) is 0.644. The topological polar surface area (TPSA) is 71.8 Å². The third kappa shape index (κ3) is 1.31. The Bertz CT molecular complexity index is 616. The van der Waals surface area contributed by atoms with Crippen LogP contribution in [0.15, 0.2) is 29.1 Å². The molecule has 4 heteroatoms. The van der Waals surface area contributed by atoms with E-state index in [1.807, 2.05) is 18.2 Å². The van der Waals surface area contributed by atoms with Crippen LogP contribution in [0.3, 0.4) is 0 Å². The second-order valence-electron chi connectivity index (χ2n) is 4.02. The smallest absolute Gasteiger partial charge is 0.264 e. The van der Waals surface area contributed by atoms with Crippen LogP contribution in [-0.2, 0) is 12.8 Å². The minimum Gasteiger partial charge on any atom is -0.399 e. The number of H-pyrrole nitrogens is 1. The summed E-state index contributed by atoms with van der Waals surface area (Å²) in [7, 11) is 0. The molecule has 0 unspecified atom stereocenters. The molecule has 4 nitrogen and oxygen atoms in total. The Kier molecular flexibility index (Phi) is 1.83. The maximum Gasteiger partial charge on any atom is 0.264 e. The van der Waals surface area contributed by atoms with Crippen LogP contribution in [0, 0.1) is 0 Å². The maximum absolute atomic E-state index is 11.2. The van der Waals surface area contributed by atoms with Gasteiger partial charge in [-0.05, 0) is 36.1 Å². The van der Waals surface area contributed by atoms with Crippen LogP contribution in [0.1, 0.15) is 11.1 Å². The molecule has 1 heterocycles. The van der Waals surface area contributed by atoms with Crippen LogP contribution in [0.25, 0.3) is 11.3 Å². The molecule has 0 saturated heterocycles. The zero-order valence-electron chi connectivity index (χ0n) is 8.66. The third-order valence-corrected chi connectivity index (χ3v) is 2.94. The number of nitrogens with one attached hydrogen (secondary N) is 1. The summed E-state index contributed by atoms with van der Waals surface area (Å²) >= 11 is 0. The number of hydrogen-bond acceptors (Lipinski definition) is 3. The van der Waals surface area contributed by atoms with Crippen molar-refractivity contribution in [3.8, 4) is 11.3 Å². The molecule has 0 aliphatic heterocycles. The summed E-state index contributed by atoms with van der Waals surface area (Å²) in [6.07, 6.45) is 1.77. The first-order chi connectivity index (χ1) is 7.74. The van der Waals surface area contributed by atoms with Gasteiger partial charge in [0, 0.05) is 17.3 Å². The first-order valence-corrected chi connectivity index (χ1v) is 5.21.